The molecule has 0 heterocycles. The van der Waals surface area contributed by atoms with E-state index in [2.05, 4.69) is 0 Å². The van der Waals surface area contributed by atoms with Gasteiger partial charge in [0.2, 0.25) is 0 Å². The van der Waals surface area contributed by atoms with Gasteiger partial charge in [-0.05, 0) is 18.4 Å². The lowest BCUT2D eigenvalue weighted by atomic mass is 9.98. The van der Waals surface area contributed by atoms with Crippen LogP contribution in [0.2, 0.25) is 0 Å². The van der Waals surface area contributed by atoms with Gasteiger partial charge >= 0.3 is 5.97 Å². The van der Waals surface area contributed by atoms with Crippen LogP contribution in [0.15, 0.2) is 30.3 Å². The fourth-order valence-electron chi connectivity index (χ4n) is 1.45. The lowest BCUT2D eigenvalue weighted by Crippen LogP contribution is -2.30. The molecule has 2 atom stereocenters. The minimum Gasteiger partial charge on any atom is -0.453 e. The Labute approximate surface area is 101 Å². The van der Waals surface area contributed by atoms with Gasteiger partial charge in [0.1, 0.15) is 0 Å². The number of esters is 1. The second kappa shape index (κ2) is 6.03. The van der Waals surface area contributed by atoms with Crippen molar-refractivity contribution in [2.45, 2.75) is 32.3 Å². The highest BCUT2D eigenvalue weighted by atomic mass is 16.5. The summed E-state index contributed by atoms with van der Waals surface area (Å²) in [6.45, 7) is 3.40. The molecule has 0 unspecified atom stereocenters. The molecule has 0 aliphatic rings. The maximum absolute atomic E-state index is 11.5. The van der Waals surface area contributed by atoms with Crippen molar-refractivity contribution in [2.24, 2.45) is 5.73 Å². The Bertz CT molecular complexity index is 389. The molecular weight excluding hydrogens is 218 g/mol. The minimum absolute atomic E-state index is 0.0591. The summed E-state index contributed by atoms with van der Waals surface area (Å²) < 4.78 is 4.89. The molecule has 1 amide bonds. The third kappa shape index (κ3) is 4.26. The van der Waals surface area contributed by atoms with E-state index in [-0.39, 0.29) is 12.3 Å². The van der Waals surface area contributed by atoms with Gasteiger partial charge in [-0.15, -0.1) is 0 Å². The number of primary amides is 1. The summed E-state index contributed by atoms with van der Waals surface area (Å²) in [6.07, 6.45) is -0.632. The van der Waals surface area contributed by atoms with Crippen molar-refractivity contribution in [3.63, 3.8) is 0 Å². The minimum atomic E-state index is -0.870. The average Bonchev–Trinajstić information content (AvgIpc) is 2.29. The first-order valence-corrected chi connectivity index (χ1v) is 5.54. The van der Waals surface area contributed by atoms with E-state index in [0.717, 1.165) is 5.56 Å². The quantitative estimate of drug-likeness (QED) is 0.788. The molecule has 0 aromatic heterocycles. The number of carbonyl (C=O) groups is 2. The second-order valence-electron chi connectivity index (χ2n) is 4.05. The monoisotopic (exact) mass is 235 g/mol. The standard InChI is InChI=1S/C13H17NO3/c1-9(11-6-4-3-5-7-11)8-12(15)17-10(2)13(14)16/h3-7,9-10H,8H2,1-2H3,(H2,14,16)/t9-,10+/m1/s1. The van der Waals surface area contributed by atoms with E-state index in [0.29, 0.717) is 0 Å². The number of rotatable bonds is 5. The van der Waals surface area contributed by atoms with E-state index in [1.807, 2.05) is 37.3 Å². The van der Waals surface area contributed by atoms with Crippen molar-refractivity contribution >= 4 is 11.9 Å². The Kier molecular flexibility index (Phi) is 4.69. The maximum atomic E-state index is 11.5. The number of hydrogen-bond acceptors (Lipinski definition) is 3. The van der Waals surface area contributed by atoms with Crippen LogP contribution in [0.1, 0.15) is 31.7 Å². The van der Waals surface area contributed by atoms with Crippen molar-refractivity contribution in [2.75, 3.05) is 0 Å². The number of benzene rings is 1. The zero-order valence-electron chi connectivity index (χ0n) is 10.1. The predicted molar refractivity (Wildman–Crippen MR) is 64.2 cm³/mol. The summed E-state index contributed by atoms with van der Waals surface area (Å²) in [5.74, 6) is -0.984. The van der Waals surface area contributed by atoms with Crippen LogP contribution in [0.5, 0.6) is 0 Å². The van der Waals surface area contributed by atoms with E-state index < -0.39 is 18.0 Å². The number of carbonyl (C=O) groups excluding carboxylic acids is 2. The number of amides is 1. The molecule has 0 radical (unpaired) electrons. The zero-order valence-corrected chi connectivity index (χ0v) is 10.1. The molecular formula is C13H17NO3. The fraction of sp³-hybridized carbons (Fsp3) is 0.385. The largest absolute Gasteiger partial charge is 0.453 e. The lowest BCUT2D eigenvalue weighted by molar-refractivity contribution is -0.154. The number of ether oxygens (including phenoxy) is 1. The first-order valence-electron chi connectivity index (χ1n) is 5.54. The van der Waals surface area contributed by atoms with Crippen LogP contribution in [-0.2, 0) is 14.3 Å². The van der Waals surface area contributed by atoms with Crippen LogP contribution >= 0.6 is 0 Å². The Morgan fingerprint density at radius 1 is 1.24 bits per heavy atom. The first-order chi connectivity index (χ1) is 8.00. The zero-order chi connectivity index (χ0) is 12.8. The van der Waals surface area contributed by atoms with Crippen LogP contribution in [0.25, 0.3) is 0 Å². The van der Waals surface area contributed by atoms with Gasteiger partial charge < -0.3 is 10.5 Å². The highest BCUT2D eigenvalue weighted by Crippen LogP contribution is 2.19. The molecule has 17 heavy (non-hydrogen) atoms. The van der Waals surface area contributed by atoms with Gasteiger partial charge in [-0.1, -0.05) is 37.3 Å². The number of hydrogen-bond donors (Lipinski definition) is 1. The van der Waals surface area contributed by atoms with Crippen molar-refractivity contribution in [1.82, 2.24) is 0 Å². The van der Waals surface area contributed by atoms with Crippen molar-refractivity contribution in [3.05, 3.63) is 35.9 Å². The van der Waals surface area contributed by atoms with Crippen LogP contribution in [0, 0.1) is 0 Å². The molecule has 0 saturated carbocycles. The Morgan fingerprint density at radius 2 is 1.82 bits per heavy atom. The maximum Gasteiger partial charge on any atom is 0.307 e. The van der Waals surface area contributed by atoms with E-state index in [4.69, 9.17) is 10.5 Å². The lowest BCUT2D eigenvalue weighted by Gasteiger charge is -2.13. The Morgan fingerprint density at radius 3 is 2.35 bits per heavy atom. The highest BCUT2D eigenvalue weighted by Gasteiger charge is 2.17. The molecule has 1 aromatic carbocycles. The van der Waals surface area contributed by atoms with E-state index >= 15 is 0 Å². The van der Waals surface area contributed by atoms with Crippen LogP contribution < -0.4 is 5.73 Å². The summed E-state index contributed by atoms with van der Waals surface area (Å²) in [4.78, 5) is 22.2. The van der Waals surface area contributed by atoms with E-state index in [1.54, 1.807) is 0 Å². The Balaban J connectivity index is 2.49. The third-order valence-corrected chi connectivity index (χ3v) is 2.55. The van der Waals surface area contributed by atoms with Crippen LogP contribution in [0.4, 0.5) is 0 Å². The third-order valence-electron chi connectivity index (χ3n) is 2.55. The SMILES string of the molecule is C[C@H](OC(=O)C[C@@H](C)c1ccccc1)C(N)=O. The van der Waals surface area contributed by atoms with Gasteiger partial charge in [-0.2, -0.15) is 0 Å². The highest BCUT2D eigenvalue weighted by molar-refractivity contribution is 5.82. The van der Waals surface area contributed by atoms with Gasteiger partial charge in [0.25, 0.3) is 5.91 Å². The van der Waals surface area contributed by atoms with Gasteiger partial charge in [0.05, 0.1) is 6.42 Å². The summed E-state index contributed by atoms with van der Waals surface area (Å²) in [7, 11) is 0. The molecule has 4 nitrogen and oxygen atoms in total. The molecule has 2 N–H and O–H groups in total. The average molecular weight is 235 g/mol. The Hall–Kier alpha value is -1.84. The second-order valence-corrected chi connectivity index (χ2v) is 4.05. The smallest absolute Gasteiger partial charge is 0.307 e. The van der Waals surface area contributed by atoms with Crippen molar-refractivity contribution in [1.29, 1.82) is 0 Å². The number of nitrogens with two attached hydrogens (primary N) is 1. The first kappa shape index (κ1) is 13.2. The fourth-order valence-corrected chi connectivity index (χ4v) is 1.45. The molecule has 0 spiro atoms. The summed E-state index contributed by atoms with van der Waals surface area (Å²) in [6, 6.07) is 9.67. The summed E-state index contributed by atoms with van der Waals surface area (Å²) >= 11 is 0. The normalized spacial score (nSPS) is 13.8. The van der Waals surface area contributed by atoms with Crippen LogP contribution in [0.3, 0.4) is 0 Å². The topological polar surface area (TPSA) is 69.4 Å². The predicted octanol–water partition coefficient (Wildman–Crippen LogP) is 1.60. The molecule has 92 valence electrons. The molecule has 4 heteroatoms. The molecule has 0 saturated heterocycles. The molecule has 1 aromatic rings. The van der Waals surface area contributed by atoms with Gasteiger partial charge in [0, 0.05) is 0 Å². The summed E-state index contributed by atoms with van der Waals surface area (Å²) in [5, 5.41) is 0. The van der Waals surface area contributed by atoms with Gasteiger partial charge in [0.15, 0.2) is 6.10 Å². The molecule has 1 rings (SSSR count). The summed E-state index contributed by atoms with van der Waals surface area (Å²) in [5.41, 5.74) is 6.08. The molecule has 0 aliphatic heterocycles. The van der Waals surface area contributed by atoms with E-state index in [9.17, 15) is 9.59 Å². The van der Waals surface area contributed by atoms with Crippen molar-refractivity contribution < 1.29 is 14.3 Å². The molecule has 0 bridgehead atoms. The molecule has 0 aliphatic carbocycles. The molecule has 0 fully saturated rings. The van der Waals surface area contributed by atoms with Gasteiger partial charge in [-0.3, -0.25) is 9.59 Å². The van der Waals surface area contributed by atoms with Crippen molar-refractivity contribution in [3.8, 4) is 0 Å². The van der Waals surface area contributed by atoms with Crippen LogP contribution in [-0.4, -0.2) is 18.0 Å². The van der Waals surface area contributed by atoms with Gasteiger partial charge in [-0.25, -0.2) is 0 Å². The van der Waals surface area contributed by atoms with E-state index in [1.165, 1.54) is 6.92 Å².